The number of rotatable bonds is 4. The Morgan fingerprint density at radius 3 is 2.36 bits per heavy atom. The highest BCUT2D eigenvalue weighted by atomic mass is 35.5. The first-order chi connectivity index (χ1) is 10.1. The van der Waals surface area contributed by atoms with Gasteiger partial charge in [0.1, 0.15) is 0 Å². The molecule has 4 nitrogen and oxygen atoms in total. The van der Waals surface area contributed by atoms with E-state index in [0.717, 1.165) is 32.5 Å². The Kier molecular flexibility index (Phi) is 6.14. The minimum Gasteiger partial charge on any atom is -0.378 e. The third-order valence-electron chi connectivity index (χ3n) is 5.68. The number of ether oxygens (including phenoxy) is 1. The van der Waals surface area contributed by atoms with Crippen LogP contribution in [0.15, 0.2) is 0 Å². The van der Waals surface area contributed by atoms with Gasteiger partial charge < -0.3 is 15.4 Å². The van der Waals surface area contributed by atoms with Crippen LogP contribution in [0.4, 0.5) is 0 Å². The Bertz CT molecular complexity index is 381. The minimum absolute atomic E-state index is 0. The van der Waals surface area contributed by atoms with Crippen molar-refractivity contribution < 1.29 is 9.53 Å². The first-order valence-corrected chi connectivity index (χ1v) is 8.72. The van der Waals surface area contributed by atoms with E-state index in [1.165, 1.54) is 19.3 Å². The zero-order valence-electron chi connectivity index (χ0n) is 13.9. The fourth-order valence-corrected chi connectivity index (χ4v) is 4.48. The summed E-state index contributed by atoms with van der Waals surface area (Å²) in [6.07, 6.45) is 5.93. The summed E-state index contributed by atoms with van der Waals surface area (Å²) in [6.45, 7) is 6.88. The second-order valence-electron chi connectivity index (χ2n) is 7.69. The molecule has 0 radical (unpaired) electrons. The summed E-state index contributed by atoms with van der Waals surface area (Å²) in [6, 6.07) is 0.117. The molecule has 0 aromatic rings. The van der Waals surface area contributed by atoms with Gasteiger partial charge in [0.15, 0.2) is 0 Å². The zero-order chi connectivity index (χ0) is 15.0. The second kappa shape index (κ2) is 7.50. The van der Waals surface area contributed by atoms with Crippen molar-refractivity contribution in [1.82, 2.24) is 4.90 Å². The Hall–Kier alpha value is -0.320. The van der Waals surface area contributed by atoms with Gasteiger partial charge in [0.2, 0.25) is 5.91 Å². The van der Waals surface area contributed by atoms with E-state index in [1.54, 1.807) is 0 Å². The Morgan fingerprint density at radius 2 is 1.82 bits per heavy atom. The van der Waals surface area contributed by atoms with Crippen LogP contribution in [0, 0.1) is 23.7 Å². The smallest absolute Gasteiger partial charge is 0.227 e. The predicted molar refractivity (Wildman–Crippen MR) is 89.9 cm³/mol. The van der Waals surface area contributed by atoms with Gasteiger partial charge in [-0.3, -0.25) is 4.79 Å². The number of fused-ring (bicyclic) bond motifs is 2. The molecule has 128 valence electrons. The minimum atomic E-state index is 0. The average molecular weight is 331 g/mol. The molecule has 2 saturated carbocycles. The van der Waals surface area contributed by atoms with Gasteiger partial charge in [-0.2, -0.15) is 0 Å². The van der Waals surface area contributed by atoms with E-state index in [9.17, 15) is 4.79 Å². The molecule has 2 aliphatic carbocycles. The average Bonchev–Trinajstić information content (AvgIpc) is 3.06. The van der Waals surface area contributed by atoms with E-state index in [4.69, 9.17) is 10.5 Å². The summed E-state index contributed by atoms with van der Waals surface area (Å²) < 4.78 is 5.91. The van der Waals surface area contributed by atoms with E-state index < -0.39 is 0 Å². The number of likely N-dealkylation sites (tertiary alicyclic amines) is 1. The highest BCUT2D eigenvalue weighted by Crippen LogP contribution is 2.48. The molecular weight excluding hydrogens is 300 g/mol. The molecule has 5 heteroatoms. The summed E-state index contributed by atoms with van der Waals surface area (Å²) in [4.78, 5) is 14.8. The molecule has 3 fully saturated rings. The summed E-state index contributed by atoms with van der Waals surface area (Å²) >= 11 is 0. The lowest BCUT2D eigenvalue weighted by Crippen LogP contribution is -2.50. The monoisotopic (exact) mass is 330 g/mol. The molecule has 1 aliphatic heterocycles. The molecule has 1 saturated heterocycles. The highest BCUT2D eigenvalue weighted by molar-refractivity contribution is 5.85. The topological polar surface area (TPSA) is 55.6 Å². The third-order valence-corrected chi connectivity index (χ3v) is 5.68. The molecule has 0 aromatic heterocycles. The number of carbonyl (C=O) groups is 1. The Morgan fingerprint density at radius 1 is 1.18 bits per heavy atom. The summed E-state index contributed by atoms with van der Waals surface area (Å²) in [7, 11) is 0. The lowest BCUT2D eigenvalue weighted by Gasteiger charge is -2.37. The van der Waals surface area contributed by atoms with E-state index in [-0.39, 0.29) is 24.4 Å². The van der Waals surface area contributed by atoms with Gasteiger partial charge in [0, 0.05) is 25.7 Å². The molecule has 3 rings (SSSR count). The van der Waals surface area contributed by atoms with Crippen molar-refractivity contribution in [2.45, 2.75) is 58.1 Å². The van der Waals surface area contributed by atoms with Gasteiger partial charge in [0.05, 0.1) is 12.0 Å². The Labute approximate surface area is 140 Å². The largest absolute Gasteiger partial charge is 0.378 e. The van der Waals surface area contributed by atoms with Gasteiger partial charge in [-0.15, -0.1) is 12.4 Å². The van der Waals surface area contributed by atoms with Crippen LogP contribution in [0.3, 0.4) is 0 Å². The summed E-state index contributed by atoms with van der Waals surface area (Å²) in [5.74, 6) is 2.19. The number of amides is 1. The molecule has 0 spiro atoms. The van der Waals surface area contributed by atoms with Crippen LogP contribution in [0.5, 0.6) is 0 Å². The van der Waals surface area contributed by atoms with Crippen molar-refractivity contribution in [3.05, 3.63) is 0 Å². The highest BCUT2D eigenvalue weighted by Gasteiger charge is 2.50. The second-order valence-corrected chi connectivity index (χ2v) is 7.69. The maximum atomic E-state index is 12.8. The standard InChI is InChI=1S/C17H30N2O2.ClH/c1-11(2)10-21-14-5-7-19(8-6-14)17(20)15-12-3-4-13(9-12)16(15)18;/h11-16H,3-10,18H2,1-2H3;1H. The molecular formula is C17H31ClN2O2. The third kappa shape index (κ3) is 3.60. The van der Waals surface area contributed by atoms with E-state index in [1.807, 2.05) is 0 Å². The summed E-state index contributed by atoms with van der Waals surface area (Å²) in [5.41, 5.74) is 6.31. The fraction of sp³-hybridized carbons (Fsp3) is 0.941. The van der Waals surface area contributed by atoms with Crippen molar-refractivity contribution in [2.24, 2.45) is 29.4 Å². The molecule has 1 heterocycles. The lowest BCUT2D eigenvalue weighted by atomic mass is 9.83. The lowest BCUT2D eigenvalue weighted by molar-refractivity contribution is -0.140. The normalized spacial score (nSPS) is 35.0. The van der Waals surface area contributed by atoms with Crippen LogP contribution in [0.25, 0.3) is 0 Å². The molecule has 22 heavy (non-hydrogen) atoms. The molecule has 4 unspecified atom stereocenters. The number of hydrogen-bond acceptors (Lipinski definition) is 3. The molecule has 2 bridgehead atoms. The summed E-state index contributed by atoms with van der Waals surface area (Å²) in [5, 5.41) is 0. The van der Waals surface area contributed by atoms with Crippen LogP contribution in [0.2, 0.25) is 0 Å². The van der Waals surface area contributed by atoms with Gasteiger partial charge in [-0.05, 0) is 49.9 Å². The van der Waals surface area contributed by atoms with Crippen molar-refractivity contribution in [1.29, 1.82) is 0 Å². The first kappa shape index (κ1) is 18.0. The van der Waals surface area contributed by atoms with Crippen molar-refractivity contribution in [3.8, 4) is 0 Å². The van der Waals surface area contributed by atoms with Crippen molar-refractivity contribution >= 4 is 18.3 Å². The van der Waals surface area contributed by atoms with E-state index in [0.29, 0.717) is 29.8 Å². The maximum absolute atomic E-state index is 12.8. The predicted octanol–water partition coefficient (Wildman–Crippen LogP) is 2.45. The number of hydrogen-bond donors (Lipinski definition) is 1. The molecule has 4 atom stereocenters. The van der Waals surface area contributed by atoms with E-state index in [2.05, 4.69) is 18.7 Å². The fourth-order valence-electron chi connectivity index (χ4n) is 4.48. The van der Waals surface area contributed by atoms with E-state index >= 15 is 0 Å². The van der Waals surface area contributed by atoms with Gasteiger partial charge in [-0.25, -0.2) is 0 Å². The molecule has 3 aliphatic rings. The Balaban J connectivity index is 0.00000176. The molecule has 1 amide bonds. The number of carbonyl (C=O) groups excluding carboxylic acids is 1. The van der Waals surface area contributed by atoms with Gasteiger partial charge in [0.25, 0.3) is 0 Å². The van der Waals surface area contributed by atoms with Gasteiger partial charge in [-0.1, -0.05) is 13.8 Å². The van der Waals surface area contributed by atoms with Crippen LogP contribution in [-0.2, 0) is 9.53 Å². The first-order valence-electron chi connectivity index (χ1n) is 8.72. The zero-order valence-corrected chi connectivity index (χ0v) is 14.7. The molecule has 0 aromatic carbocycles. The number of nitrogens with zero attached hydrogens (tertiary/aromatic N) is 1. The van der Waals surface area contributed by atoms with Crippen LogP contribution in [0.1, 0.15) is 46.0 Å². The van der Waals surface area contributed by atoms with Crippen LogP contribution in [-0.4, -0.2) is 42.6 Å². The maximum Gasteiger partial charge on any atom is 0.227 e. The van der Waals surface area contributed by atoms with Crippen LogP contribution >= 0.6 is 12.4 Å². The molecule has 2 N–H and O–H groups in total. The number of halogens is 1. The van der Waals surface area contributed by atoms with Gasteiger partial charge >= 0.3 is 0 Å². The SMILES string of the molecule is CC(C)COC1CCN(C(=O)C2C3CCC(C3)C2N)CC1.Cl. The van der Waals surface area contributed by atoms with Crippen molar-refractivity contribution in [2.75, 3.05) is 19.7 Å². The quantitative estimate of drug-likeness (QED) is 0.861. The number of nitrogens with two attached hydrogens (primary N) is 1. The van der Waals surface area contributed by atoms with Crippen LogP contribution < -0.4 is 5.73 Å². The number of piperidine rings is 1. The van der Waals surface area contributed by atoms with Crippen molar-refractivity contribution in [3.63, 3.8) is 0 Å².